The quantitative estimate of drug-likeness (QED) is 0.706. The lowest BCUT2D eigenvalue weighted by Crippen LogP contribution is -2.11. The Balaban J connectivity index is 3.03. The summed E-state index contributed by atoms with van der Waals surface area (Å²) < 4.78 is 5.32. The van der Waals surface area contributed by atoms with Gasteiger partial charge in [0.05, 0.1) is 18.2 Å². The minimum absolute atomic E-state index is 0.193. The van der Waals surface area contributed by atoms with Crippen LogP contribution in [-0.4, -0.2) is 12.4 Å². The van der Waals surface area contributed by atoms with Crippen molar-refractivity contribution in [1.82, 2.24) is 0 Å². The lowest BCUT2D eigenvalue weighted by atomic mass is 10.00. The molecule has 0 radical (unpaired) electrons. The fourth-order valence-electron chi connectivity index (χ4n) is 1.24. The Bertz CT molecular complexity index is 393. The highest BCUT2D eigenvalue weighted by molar-refractivity contribution is 6.01. The van der Waals surface area contributed by atoms with Crippen LogP contribution in [0, 0.1) is 17.2 Å². The molecule has 1 aromatic rings. The summed E-state index contributed by atoms with van der Waals surface area (Å²) in [6.07, 6.45) is 0. The monoisotopic (exact) mass is 203 g/mol. The van der Waals surface area contributed by atoms with Crippen molar-refractivity contribution in [3.05, 3.63) is 29.8 Å². The van der Waals surface area contributed by atoms with E-state index in [1.165, 1.54) is 0 Å². The molecule has 78 valence electrons. The number of ether oxygens (including phenoxy) is 1. The van der Waals surface area contributed by atoms with E-state index in [-0.39, 0.29) is 5.78 Å². The van der Waals surface area contributed by atoms with Crippen molar-refractivity contribution in [3.8, 4) is 11.8 Å². The average Bonchev–Trinajstić information content (AvgIpc) is 2.28. The van der Waals surface area contributed by atoms with Crippen LogP contribution in [-0.2, 0) is 0 Å². The molecule has 1 unspecified atom stereocenters. The zero-order chi connectivity index (χ0) is 11.3. The first-order valence-corrected chi connectivity index (χ1v) is 4.86. The first kappa shape index (κ1) is 11.3. The Labute approximate surface area is 89.3 Å². The lowest BCUT2D eigenvalue weighted by Gasteiger charge is -2.09. The van der Waals surface area contributed by atoms with Crippen molar-refractivity contribution < 1.29 is 9.53 Å². The fraction of sp³-hybridized carbons (Fsp3) is 0.333. The van der Waals surface area contributed by atoms with Gasteiger partial charge in [0, 0.05) is 0 Å². The van der Waals surface area contributed by atoms with Crippen LogP contribution < -0.4 is 4.74 Å². The Kier molecular flexibility index (Phi) is 3.87. The molecule has 3 nitrogen and oxygen atoms in total. The third kappa shape index (κ3) is 2.57. The largest absolute Gasteiger partial charge is 0.493 e. The SMILES string of the molecule is CCOc1ccccc1C(=O)C(C)C#N. The van der Waals surface area contributed by atoms with Crippen molar-refractivity contribution >= 4 is 5.78 Å². The summed E-state index contributed by atoms with van der Waals surface area (Å²) in [5, 5.41) is 8.68. The van der Waals surface area contributed by atoms with Gasteiger partial charge in [-0.15, -0.1) is 0 Å². The van der Waals surface area contributed by atoms with Crippen molar-refractivity contribution in [2.24, 2.45) is 5.92 Å². The summed E-state index contributed by atoms with van der Waals surface area (Å²) in [7, 11) is 0. The maximum absolute atomic E-state index is 11.8. The first-order chi connectivity index (χ1) is 7.20. The van der Waals surface area contributed by atoms with E-state index < -0.39 is 5.92 Å². The van der Waals surface area contributed by atoms with Crippen LogP contribution in [0.3, 0.4) is 0 Å². The zero-order valence-electron chi connectivity index (χ0n) is 8.86. The summed E-state index contributed by atoms with van der Waals surface area (Å²) in [4.78, 5) is 11.8. The smallest absolute Gasteiger partial charge is 0.183 e. The summed E-state index contributed by atoms with van der Waals surface area (Å²) in [5.74, 6) is -0.278. The molecule has 0 saturated heterocycles. The number of benzene rings is 1. The van der Waals surface area contributed by atoms with Crippen LogP contribution in [0.15, 0.2) is 24.3 Å². The van der Waals surface area contributed by atoms with E-state index in [0.29, 0.717) is 17.9 Å². The lowest BCUT2D eigenvalue weighted by molar-refractivity contribution is 0.0953. The molecule has 0 saturated carbocycles. The first-order valence-electron chi connectivity index (χ1n) is 4.86. The normalized spacial score (nSPS) is 11.5. The predicted octanol–water partition coefficient (Wildman–Crippen LogP) is 2.43. The second-order valence-electron chi connectivity index (χ2n) is 3.14. The molecule has 0 aromatic heterocycles. The number of Topliss-reactive ketones (excluding diaryl/α,β-unsaturated/α-hetero) is 1. The minimum Gasteiger partial charge on any atom is -0.493 e. The summed E-state index contributed by atoms with van der Waals surface area (Å²) in [6, 6.07) is 8.91. The zero-order valence-corrected chi connectivity index (χ0v) is 8.86. The van der Waals surface area contributed by atoms with Crippen LogP contribution in [0.4, 0.5) is 0 Å². The summed E-state index contributed by atoms with van der Waals surface area (Å²) >= 11 is 0. The Morgan fingerprint density at radius 1 is 1.53 bits per heavy atom. The van der Waals surface area contributed by atoms with E-state index in [1.54, 1.807) is 31.2 Å². The Morgan fingerprint density at radius 3 is 2.80 bits per heavy atom. The van der Waals surface area contributed by atoms with Gasteiger partial charge in [-0.2, -0.15) is 5.26 Å². The minimum atomic E-state index is -0.633. The van der Waals surface area contributed by atoms with E-state index in [4.69, 9.17) is 10.00 Å². The maximum Gasteiger partial charge on any atom is 0.183 e. The molecule has 0 fully saturated rings. The number of para-hydroxylation sites is 1. The molecule has 1 rings (SSSR count). The van der Waals surface area contributed by atoms with Crippen LogP contribution in [0.1, 0.15) is 24.2 Å². The summed E-state index contributed by atoms with van der Waals surface area (Å²) in [6.45, 7) is 3.95. The van der Waals surface area contributed by atoms with Gasteiger partial charge in [0.2, 0.25) is 0 Å². The number of ketones is 1. The fourth-order valence-corrected chi connectivity index (χ4v) is 1.24. The highest BCUT2D eigenvalue weighted by atomic mass is 16.5. The molecule has 3 heteroatoms. The standard InChI is InChI=1S/C12H13NO2/c1-3-15-11-7-5-4-6-10(11)12(14)9(2)8-13/h4-7,9H,3H2,1-2H3. The third-order valence-corrected chi connectivity index (χ3v) is 2.04. The van der Waals surface area contributed by atoms with Gasteiger partial charge in [0.1, 0.15) is 11.7 Å². The number of hydrogen-bond acceptors (Lipinski definition) is 3. The van der Waals surface area contributed by atoms with Gasteiger partial charge in [-0.25, -0.2) is 0 Å². The molecule has 15 heavy (non-hydrogen) atoms. The van der Waals surface area contributed by atoms with Gasteiger partial charge >= 0.3 is 0 Å². The van der Waals surface area contributed by atoms with Gasteiger partial charge < -0.3 is 4.74 Å². The van der Waals surface area contributed by atoms with Crippen molar-refractivity contribution in [2.45, 2.75) is 13.8 Å². The predicted molar refractivity (Wildman–Crippen MR) is 56.7 cm³/mol. The van der Waals surface area contributed by atoms with Gasteiger partial charge in [0.25, 0.3) is 0 Å². The average molecular weight is 203 g/mol. The number of nitriles is 1. The summed E-state index contributed by atoms with van der Waals surface area (Å²) in [5.41, 5.74) is 0.480. The molecular weight excluding hydrogens is 190 g/mol. The van der Waals surface area contributed by atoms with E-state index in [9.17, 15) is 4.79 Å². The maximum atomic E-state index is 11.8. The van der Waals surface area contributed by atoms with Crippen molar-refractivity contribution in [1.29, 1.82) is 5.26 Å². The van der Waals surface area contributed by atoms with E-state index >= 15 is 0 Å². The Morgan fingerprint density at radius 2 is 2.20 bits per heavy atom. The molecule has 0 aliphatic rings. The van der Waals surface area contributed by atoms with Gasteiger partial charge in [-0.1, -0.05) is 12.1 Å². The van der Waals surface area contributed by atoms with Gasteiger partial charge in [0.15, 0.2) is 5.78 Å². The van der Waals surface area contributed by atoms with Gasteiger partial charge in [-0.3, -0.25) is 4.79 Å². The number of rotatable bonds is 4. The molecular formula is C12H13NO2. The molecule has 0 N–H and O–H groups in total. The second-order valence-corrected chi connectivity index (χ2v) is 3.14. The van der Waals surface area contributed by atoms with E-state index in [2.05, 4.69) is 0 Å². The number of carbonyl (C=O) groups is 1. The third-order valence-electron chi connectivity index (χ3n) is 2.04. The molecule has 0 amide bonds. The molecule has 0 aliphatic carbocycles. The topological polar surface area (TPSA) is 50.1 Å². The van der Waals surface area contributed by atoms with Crippen LogP contribution >= 0.6 is 0 Å². The Hall–Kier alpha value is -1.82. The van der Waals surface area contributed by atoms with Crippen LogP contribution in [0.2, 0.25) is 0 Å². The molecule has 0 bridgehead atoms. The molecule has 1 aromatic carbocycles. The van der Waals surface area contributed by atoms with Gasteiger partial charge in [-0.05, 0) is 26.0 Å². The number of hydrogen-bond donors (Lipinski definition) is 0. The van der Waals surface area contributed by atoms with Crippen LogP contribution in [0.5, 0.6) is 5.75 Å². The highest BCUT2D eigenvalue weighted by Gasteiger charge is 2.17. The van der Waals surface area contributed by atoms with Crippen molar-refractivity contribution in [3.63, 3.8) is 0 Å². The second kappa shape index (κ2) is 5.16. The highest BCUT2D eigenvalue weighted by Crippen LogP contribution is 2.21. The molecule has 1 atom stereocenters. The van der Waals surface area contributed by atoms with E-state index in [0.717, 1.165) is 0 Å². The van der Waals surface area contributed by atoms with E-state index in [1.807, 2.05) is 13.0 Å². The molecule has 0 heterocycles. The number of nitrogens with zero attached hydrogens (tertiary/aromatic N) is 1. The molecule has 0 spiro atoms. The van der Waals surface area contributed by atoms with Crippen LogP contribution in [0.25, 0.3) is 0 Å². The van der Waals surface area contributed by atoms with Crippen molar-refractivity contribution in [2.75, 3.05) is 6.61 Å². The molecule has 0 aliphatic heterocycles. The number of carbonyl (C=O) groups excluding carboxylic acids is 1.